The Morgan fingerprint density at radius 3 is 2.38 bits per heavy atom. The Morgan fingerprint density at radius 2 is 1.90 bits per heavy atom. The van der Waals surface area contributed by atoms with E-state index in [4.69, 9.17) is 10.9 Å². The molecular weight excluding hydrogens is 266 g/mol. The number of hydrogen-bond donors (Lipinski definition) is 3. The highest BCUT2D eigenvalue weighted by atomic mass is 16.4. The van der Waals surface area contributed by atoms with Crippen LogP contribution in [0.4, 0.5) is 0 Å². The fourth-order valence-electron chi connectivity index (χ4n) is 1.67. The van der Waals surface area contributed by atoms with Gasteiger partial charge < -0.3 is 16.3 Å². The van der Waals surface area contributed by atoms with Crippen LogP contribution in [0.3, 0.4) is 0 Å². The molecule has 0 heterocycles. The van der Waals surface area contributed by atoms with E-state index in [9.17, 15) is 4.79 Å². The maximum Gasteiger partial charge on any atom is 0.224 e. The molecule has 4 N–H and O–H groups in total. The van der Waals surface area contributed by atoms with Gasteiger partial charge in [0.25, 0.3) is 0 Å². The standard InChI is InChI=1S/C16H25N3O2/c1-11(16(2,3)4)10-18-14(20)9-12-5-7-13(8-6-12)15(17)19-21/h5-8,11,21H,9-10H2,1-4H3,(H2,17,19)(H,18,20). The average molecular weight is 291 g/mol. The zero-order valence-electron chi connectivity index (χ0n) is 13.2. The highest BCUT2D eigenvalue weighted by Gasteiger charge is 2.20. The van der Waals surface area contributed by atoms with Gasteiger partial charge >= 0.3 is 0 Å². The molecule has 5 heteroatoms. The van der Waals surface area contributed by atoms with Crippen molar-refractivity contribution in [1.29, 1.82) is 0 Å². The number of nitrogens with zero attached hydrogens (tertiary/aromatic N) is 1. The van der Waals surface area contributed by atoms with Crippen molar-refractivity contribution >= 4 is 11.7 Å². The summed E-state index contributed by atoms with van der Waals surface area (Å²) < 4.78 is 0. The number of oxime groups is 1. The summed E-state index contributed by atoms with van der Waals surface area (Å²) in [7, 11) is 0. The van der Waals surface area contributed by atoms with E-state index in [2.05, 4.69) is 38.2 Å². The van der Waals surface area contributed by atoms with Crippen LogP contribution in [0.5, 0.6) is 0 Å². The van der Waals surface area contributed by atoms with E-state index in [1.807, 2.05) is 0 Å². The maximum absolute atomic E-state index is 11.9. The van der Waals surface area contributed by atoms with Gasteiger partial charge in [-0.3, -0.25) is 4.79 Å². The molecule has 0 aliphatic heterocycles. The number of amides is 1. The van der Waals surface area contributed by atoms with Crippen LogP contribution in [0, 0.1) is 11.3 Å². The molecule has 0 saturated heterocycles. The van der Waals surface area contributed by atoms with E-state index in [1.54, 1.807) is 24.3 Å². The van der Waals surface area contributed by atoms with Crippen molar-refractivity contribution in [2.75, 3.05) is 6.54 Å². The number of benzene rings is 1. The molecule has 0 aromatic heterocycles. The first-order chi connectivity index (χ1) is 9.74. The highest BCUT2D eigenvalue weighted by molar-refractivity contribution is 5.97. The Bertz CT molecular complexity index is 501. The van der Waals surface area contributed by atoms with Crippen molar-refractivity contribution in [3.05, 3.63) is 35.4 Å². The summed E-state index contributed by atoms with van der Waals surface area (Å²) in [5.74, 6) is 0.469. The van der Waals surface area contributed by atoms with Crippen molar-refractivity contribution < 1.29 is 10.0 Å². The molecule has 1 aromatic rings. The van der Waals surface area contributed by atoms with Crippen LogP contribution in [0.15, 0.2) is 29.4 Å². The molecule has 0 bridgehead atoms. The average Bonchev–Trinajstić information content (AvgIpc) is 2.43. The molecule has 0 spiro atoms. The number of carbonyl (C=O) groups excluding carboxylic acids is 1. The number of nitrogens with two attached hydrogens (primary N) is 1. The molecule has 1 aromatic carbocycles. The van der Waals surface area contributed by atoms with Gasteiger partial charge in [0.15, 0.2) is 5.84 Å². The molecular formula is C16H25N3O2. The highest BCUT2D eigenvalue weighted by Crippen LogP contribution is 2.24. The molecule has 1 atom stereocenters. The Morgan fingerprint density at radius 1 is 1.33 bits per heavy atom. The lowest BCUT2D eigenvalue weighted by Crippen LogP contribution is -2.34. The summed E-state index contributed by atoms with van der Waals surface area (Å²) >= 11 is 0. The summed E-state index contributed by atoms with van der Waals surface area (Å²) in [5.41, 5.74) is 7.19. The van der Waals surface area contributed by atoms with Gasteiger partial charge in [0.2, 0.25) is 5.91 Å². The van der Waals surface area contributed by atoms with Crippen molar-refractivity contribution in [2.24, 2.45) is 22.2 Å². The molecule has 21 heavy (non-hydrogen) atoms. The predicted molar refractivity (Wildman–Crippen MR) is 84.3 cm³/mol. The van der Waals surface area contributed by atoms with E-state index >= 15 is 0 Å². The minimum atomic E-state index is 0.00245. The molecule has 0 radical (unpaired) electrons. The first kappa shape index (κ1) is 17.0. The number of hydrogen-bond acceptors (Lipinski definition) is 3. The Kier molecular flexibility index (Phi) is 5.76. The number of nitrogens with one attached hydrogen (secondary N) is 1. The Balaban J connectivity index is 2.52. The first-order valence-electron chi connectivity index (χ1n) is 7.07. The summed E-state index contributed by atoms with van der Waals surface area (Å²) in [5, 5.41) is 14.5. The normalized spacial score (nSPS) is 13.8. The van der Waals surface area contributed by atoms with E-state index in [1.165, 1.54) is 0 Å². The lowest BCUT2D eigenvalue weighted by Gasteiger charge is -2.27. The summed E-state index contributed by atoms with van der Waals surface area (Å²) in [4.78, 5) is 11.9. The third kappa shape index (κ3) is 5.45. The molecule has 0 saturated carbocycles. The molecule has 116 valence electrons. The molecule has 0 aliphatic carbocycles. The van der Waals surface area contributed by atoms with Gasteiger partial charge in [-0.05, 0) is 16.9 Å². The van der Waals surface area contributed by atoms with Crippen LogP contribution in [-0.2, 0) is 11.2 Å². The SMILES string of the molecule is CC(CNC(=O)Cc1ccc(/C(N)=N/O)cc1)C(C)(C)C. The Labute approximate surface area is 126 Å². The van der Waals surface area contributed by atoms with Crippen LogP contribution >= 0.6 is 0 Å². The van der Waals surface area contributed by atoms with Crippen molar-refractivity contribution in [3.8, 4) is 0 Å². The summed E-state index contributed by atoms with van der Waals surface area (Å²) in [6.45, 7) is 9.29. The second-order valence-corrected chi connectivity index (χ2v) is 6.43. The van der Waals surface area contributed by atoms with Crippen molar-refractivity contribution in [2.45, 2.75) is 34.1 Å². The maximum atomic E-state index is 11.9. The summed E-state index contributed by atoms with van der Waals surface area (Å²) in [6, 6.07) is 7.07. The van der Waals surface area contributed by atoms with Gasteiger partial charge in [0, 0.05) is 12.1 Å². The zero-order valence-corrected chi connectivity index (χ0v) is 13.2. The first-order valence-corrected chi connectivity index (χ1v) is 7.07. The van der Waals surface area contributed by atoms with Crippen molar-refractivity contribution in [3.63, 3.8) is 0 Å². The zero-order chi connectivity index (χ0) is 16.0. The molecule has 5 nitrogen and oxygen atoms in total. The molecule has 0 aliphatic rings. The second kappa shape index (κ2) is 7.11. The van der Waals surface area contributed by atoms with E-state index in [0.717, 1.165) is 5.56 Å². The van der Waals surface area contributed by atoms with Crippen LogP contribution < -0.4 is 11.1 Å². The molecule has 1 rings (SSSR count). The van der Waals surface area contributed by atoms with Crippen LogP contribution in [0.25, 0.3) is 0 Å². The van der Waals surface area contributed by atoms with Gasteiger partial charge in [-0.25, -0.2) is 0 Å². The van der Waals surface area contributed by atoms with Gasteiger partial charge in [-0.2, -0.15) is 0 Å². The predicted octanol–water partition coefficient (Wildman–Crippen LogP) is 2.12. The van der Waals surface area contributed by atoms with Gasteiger partial charge in [0.05, 0.1) is 6.42 Å². The topological polar surface area (TPSA) is 87.7 Å². The van der Waals surface area contributed by atoms with Crippen LogP contribution in [0.2, 0.25) is 0 Å². The van der Waals surface area contributed by atoms with Gasteiger partial charge in [-0.15, -0.1) is 0 Å². The summed E-state index contributed by atoms with van der Waals surface area (Å²) in [6.07, 6.45) is 0.327. The third-order valence-corrected chi connectivity index (χ3v) is 3.81. The largest absolute Gasteiger partial charge is 0.409 e. The smallest absolute Gasteiger partial charge is 0.224 e. The Hall–Kier alpha value is -2.04. The lowest BCUT2D eigenvalue weighted by atomic mass is 9.82. The fraction of sp³-hybridized carbons (Fsp3) is 0.500. The minimum Gasteiger partial charge on any atom is -0.409 e. The molecule has 1 unspecified atom stereocenters. The number of amidine groups is 1. The quantitative estimate of drug-likeness (QED) is 0.336. The van der Waals surface area contributed by atoms with Gasteiger partial charge in [-0.1, -0.05) is 57.1 Å². The van der Waals surface area contributed by atoms with E-state index in [0.29, 0.717) is 24.4 Å². The number of carbonyl (C=O) groups is 1. The van der Waals surface area contributed by atoms with E-state index < -0.39 is 0 Å². The van der Waals surface area contributed by atoms with Crippen LogP contribution in [0.1, 0.15) is 38.8 Å². The van der Waals surface area contributed by atoms with Crippen molar-refractivity contribution in [1.82, 2.24) is 5.32 Å². The molecule has 1 amide bonds. The minimum absolute atomic E-state index is 0.00245. The van der Waals surface area contributed by atoms with E-state index in [-0.39, 0.29) is 17.2 Å². The lowest BCUT2D eigenvalue weighted by molar-refractivity contribution is -0.120. The molecule has 0 fully saturated rings. The monoisotopic (exact) mass is 291 g/mol. The van der Waals surface area contributed by atoms with Crippen LogP contribution in [-0.4, -0.2) is 23.5 Å². The third-order valence-electron chi connectivity index (χ3n) is 3.81. The fourth-order valence-corrected chi connectivity index (χ4v) is 1.67. The van der Waals surface area contributed by atoms with Gasteiger partial charge in [0.1, 0.15) is 0 Å². The number of rotatable bonds is 5. The second-order valence-electron chi connectivity index (χ2n) is 6.43.